The first-order chi connectivity index (χ1) is 16.1. The molecule has 0 saturated heterocycles. The Morgan fingerprint density at radius 2 is 1.24 bits per heavy atom. The summed E-state index contributed by atoms with van der Waals surface area (Å²) in [4.78, 5) is 6.49. The third-order valence-electron chi connectivity index (χ3n) is 4.34. The van der Waals surface area contributed by atoms with Gasteiger partial charge in [-0.1, -0.05) is 66.7 Å². The summed E-state index contributed by atoms with van der Waals surface area (Å²) in [5.41, 5.74) is 1.04. The Kier molecular flexibility index (Phi) is 8.65. The average Bonchev–Trinajstić information content (AvgIpc) is 2.88. The van der Waals surface area contributed by atoms with Crippen LogP contribution in [-0.4, -0.2) is 5.87 Å². The van der Waals surface area contributed by atoms with Crippen LogP contribution in [0.5, 0.6) is 0 Å². The van der Waals surface area contributed by atoms with Crippen LogP contribution in [0.1, 0.15) is 11.1 Å². The van der Waals surface area contributed by atoms with Crippen molar-refractivity contribution in [3.05, 3.63) is 141 Å². The highest BCUT2D eigenvalue weighted by Crippen LogP contribution is 2.29. The summed E-state index contributed by atoms with van der Waals surface area (Å²) in [7, 11) is 0. The molecule has 0 aliphatic heterocycles. The Morgan fingerprint density at radius 1 is 0.758 bits per heavy atom. The summed E-state index contributed by atoms with van der Waals surface area (Å²) < 4.78 is 0. The lowest BCUT2D eigenvalue weighted by atomic mass is 9.95. The molecule has 0 saturated carbocycles. The number of nitrogens with zero attached hydrogens (tertiary/aromatic N) is 6. The van der Waals surface area contributed by atoms with Crippen LogP contribution in [0, 0.1) is 47.1 Å². The molecule has 0 bridgehead atoms. The van der Waals surface area contributed by atoms with Crippen molar-refractivity contribution in [1.29, 1.82) is 15.8 Å². The Labute approximate surface area is 192 Å². The average molecular weight is 421 g/mol. The Hall–Kier alpha value is -5.70. The van der Waals surface area contributed by atoms with E-state index in [-0.39, 0.29) is 33.7 Å². The highest BCUT2D eigenvalue weighted by Gasteiger charge is 2.14. The minimum Gasteiger partial charge on any atom is -0.763 e. The highest BCUT2D eigenvalue weighted by molar-refractivity contribution is 5.95. The van der Waals surface area contributed by atoms with Crippen molar-refractivity contribution in [3.63, 3.8) is 0 Å². The molecule has 2 aromatic carbocycles. The van der Waals surface area contributed by atoms with Crippen molar-refractivity contribution in [3.8, 4) is 18.2 Å². The number of allylic oxidation sites excluding steroid dienone is 9. The van der Waals surface area contributed by atoms with Gasteiger partial charge in [-0.2, -0.15) is 5.26 Å². The molecule has 6 heteroatoms. The van der Waals surface area contributed by atoms with Gasteiger partial charge in [0.2, 0.25) is 0 Å². The SMILES string of the molecule is [C-]#[N+]\C(C#N)=C(/C(C#N)=C/C=C/C(=C=[N-])/C(=C(\C#N)[N+]#[C-])c1ccccc1)c1ccccc1. The minimum absolute atomic E-state index is 0.0539. The number of benzene rings is 2. The van der Waals surface area contributed by atoms with Crippen LogP contribution >= 0.6 is 0 Å². The molecule has 0 unspecified atom stereocenters. The molecule has 0 amide bonds. The van der Waals surface area contributed by atoms with Gasteiger partial charge in [-0.25, -0.2) is 20.2 Å². The second kappa shape index (κ2) is 12.1. The maximum atomic E-state index is 9.71. The first-order valence-electron chi connectivity index (χ1n) is 9.35. The molecule has 0 aromatic heterocycles. The normalized spacial score (nSPS) is 11.9. The molecule has 152 valence electrons. The quantitative estimate of drug-likeness (QED) is 0.252. The second-order valence-corrected chi connectivity index (χ2v) is 6.20. The summed E-state index contributed by atoms with van der Waals surface area (Å²) >= 11 is 0. The van der Waals surface area contributed by atoms with Crippen molar-refractivity contribution >= 4 is 17.0 Å². The first-order valence-corrected chi connectivity index (χ1v) is 9.35. The van der Waals surface area contributed by atoms with Gasteiger partial charge < -0.3 is 5.41 Å². The third kappa shape index (κ3) is 5.68. The van der Waals surface area contributed by atoms with Gasteiger partial charge in [0.05, 0.1) is 36.9 Å². The molecule has 0 atom stereocenters. The van der Waals surface area contributed by atoms with Gasteiger partial charge in [0.15, 0.2) is 0 Å². The summed E-state index contributed by atoms with van der Waals surface area (Å²) in [6.45, 7) is 14.6. The van der Waals surface area contributed by atoms with E-state index in [1.807, 2.05) is 24.1 Å². The van der Waals surface area contributed by atoms with E-state index >= 15 is 0 Å². The Balaban J connectivity index is 2.63. The fraction of sp³-hybridized carbons (Fsp3) is 0. The van der Waals surface area contributed by atoms with Gasteiger partial charge in [-0.15, -0.1) is 0 Å². The van der Waals surface area contributed by atoms with Gasteiger partial charge in [0.25, 0.3) is 11.4 Å². The van der Waals surface area contributed by atoms with Crippen LogP contribution < -0.4 is 0 Å². The Morgan fingerprint density at radius 3 is 1.67 bits per heavy atom. The van der Waals surface area contributed by atoms with Crippen molar-refractivity contribution in [1.82, 2.24) is 0 Å². The van der Waals surface area contributed by atoms with Crippen molar-refractivity contribution < 1.29 is 0 Å². The molecule has 0 aliphatic carbocycles. The summed E-state index contributed by atoms with van der Waals surface area (Å²) in [6, 6.07) is 22.8. The maximum absolute atomic E-state index is 9.71. The molecule has 0 spiro atoms. The molecular formula is C27H13N6-. The topological polar surface area (TPSA) is 102 Å². The van der Waals surface area contributed by atoms with E-state index < -0.39 is 0 Å². The van der Waals surface area contributed by atoms with Crippen LogP contribution in [-0.2, 0) is 0 Å². The van der Waals surface area contributed by atoms with Crippen LogP contribution in [0.3, 0.4) is 0 Å². The number of hydrogen-bond donors (Lipinski definition) is 0. The number of rotatable bonds is 6. The van der Waals surface area contributed by atoms with E-state index in [0.29, 0.717) is 11.1 Å². The van der Waals surface area contributed by atoms with E-state index in [1.54, 1.807) is 60.7 Å². The number of hydrogen-bond acceptors (Lipinski definition) is 3. The van der Waals surface area contributed by atoms with E-state index in [2.05, 4.69) is 9.69 Å². The largest absolute Gasteiger partial charge is 0.763 e. The molecular weight excluding hydrogens is 408 g/mol. The summed E-state index contributed by atoms with van der Waals surface area (Å²) in [6.07, 6.45) is 4.18. The smallest absolute Gasteiger partial charge is 0.270 e. The Bertz CT molecular complexity index is 1400. The zero-order valence-electron chi connectivity index (χ0n) is 17.2. The van der Waals surface area contributed by atoms with Gasteiger partial charge in [-0.3, -0.25) is 5.87 Å². The molecule has 0 heterocycles. The molecule has 6 nitrogen and oxygen atoms in total. The fourth-order valence-corrected chi connectivity index (χ4v) is 2.92. The van der Waals surface area contributed by atoms with E-state index in [9.17, 15) is 21.2 Å². The van der Waals surface area contributed by atoms with Crippen LogP contribution in [0.2, 0.25) is 0 Å². The molecule has 0 radical (unpaired) electrons. The third-order valence-corrected chi connectivity index (χ3v) is 4.34. The molecule has 2 aromatic rings. The van der Waals surface area contributed by atoms with E-state index in [0.717, 1.165) is 0 Å². The van der Waals surface area contributed by atoms with Crippen LogP contribution in [0.25, 0.3) is 26.2 Å². The molecule has 0 aliphatic rings. The van der Waals surface area contributed by atoms with Gasteiger partial charge in [0.1, 0.15) is 0 Å². The molecule has 0 fully saturated rings. The van der Waals surface area contributed by atoms with E-state index in [1.165, 1.54) is 18.2 Å². The van der Waals surface area contributed by atoms with Crippen LogP contribution in [0.15, 0.2) is 101 Å². The van der Waals surface area contributed by atoms with E-state index in [4.69, 9.17) is 13.1 Å². The minimum atomic E-state index is -0.239. The highest BCUT2D eigenvalue weighted by atomic mass is 14.7. The van der Waals surface area contributed by atoms with Crippen molar-refractivity contribution in [2.24, 2.45) is 0 Å². The molecule has 33 heavy (non-hydrogen) atoms. The van der Waals surface area contributed by atoms with Crippen molar-refractivity contribution in [2.45, 2.75) is 0 Å². The van der Waals surface area contributed by atoms with Crippen molar-refractivity contribution in [2.75, 3.05) is 0 Å². The summed E-state index contributed by atoms with van der Waals surface area (Å²) in [5.74, 6) is 2.00. The lowest BCUT2D eigenvalue weighted by Crippen LogP contribution is -1.93. The summed E-state index contributed by atoms with van der Waals surface area (Å²) in [5, 5.41) is 38.2. The first kappa shape index (κ1) is 23.6. The van der Waals surface area contributed by atoms with Gasteiger partial charge in [0, 0.05) is 11.1 Å². The molecule has 2 rings (SSSR count). The maximum Gasteiger partial charge on any atom is 0.270 e. The zero-order valence-corrected chi connectivity index (χ0v) is 17.2. The lowest BCUT2D eigenvalue weighted by Gasteiger charge is -2.09. The number of nitriles is 3. The standard InChI is InChI=1S/C27H13N6/c1-32-24(18-30)26(20-10-5-3-6-11-20)22(16-28)14-9-15-23(17-29)27(25(19-31)33-2)21-12-7-4-8-13-21/h3-15H/q-1/b14-9+,23-15+,26-24+,27-25-. The lowest BCUT2D eigenvalue weighted by molar-refractivity contribution is 1.45. The van der Waals surface area contributed by atoms with Gasteiger partial charge >= 0.3 is 0 Å². The molecule has 0 N–H and O–H groups in total. The van der Waals surface area contributed by atoms with Gasteiger partial charge in [-0.05, 0) is 28.9 Å². The zero-order chi connectivity index (χ0) is 24.1. The predicted octanol–water partition coefficient (Wildman–Crippen LogP) is 5.87. The van der Waals surface area contributed by atoms with Crippen LogP contribution in [0.4, 0.5) is 0 Å². The fourth-order valence-electron chi connectivity index (χ4n) is 2.92. The monoisotopic (exact) mass is 421 g/mol. The second-order valence-electron chi connectivity index (χ2n) is 6.20. The predicted molar refractivity (Wildman–Crippen MR) is 126 cm³/mol.